The number of benzene rings is 2. The Bertz CT molecular complexity index is 1250. The van der Waals surface area contributed by atoms with Gasteiger partial charge in [0.25, 0.3) is 5.91 Å². The van der Waals surface area contributed by atoms with E-state index in [1.165, 1.54) is 5.56 Å². The van der Waals surface area contributed by atoms with Gasteiger partial charge >= 0.3 is 5.24 Å². The number of hydrogen-bond acceptors (Lipinski definition) is 6. The molecule has 0 saturated heterocycles. The first-order valence-electron chi connectivity index (χ1n) is 12.9. The van der Waals surface area contributed by atoms with Gasteiger partial charge in [-0.25, -0.2) is 0 Å². The molecule has 196 valence electrons. The lowest BCUT2D eigenvalue weighted by Crippen LogP contribution is -2.43. The zero-order valence-electron chi connectivity index (χ0n) is 22.6. The van der Waals surface area contributed by atoms with Gasteiger partial charge in [-0.3, -0.25) is 14.6 Å². The zero-order valence-corrected chi connectivity index (χ0v) is 23.4. The van der Waals surface area contributed by atoms with E-state index in [4.69, 9.17) is 9.73 Å². The first-order valence-corrected chi connectivity index (χ1v) is 13.7. The number of hydrogen-bond donors (Lipinski definition) is 0. The average Bonchev–Trinajstić information content (AvgIpc) is 2.86. The molecule has 2 aliphatic rings. The summed E-state index contributed by atoms with van der Waals surface area (Å²) < 4.78 is 5.13. The summed E-state index contributed by atoms with van der Waals surface area (Å²) in [5.41, 5.74) is 4.94. The third-order valence-corrected chi connectivity index (χ3v) is 7.49. The van der Waals surface area contributed by atoms with Crippen molar-refractivity contribution in [1.29, 1.82) is 0 Å². The maximum Gasteiger partial charge on any atom is 0.309 e. The van der Waals surface area contributed by atoms with Crippen molar-refractivity contribution in [3.8, 4) is 5.75 Å². The summed E-state index contributed by atoms with van der Waals surface area (Å²) in [6.07, 6.45) is 2.87. The predicted octanol–water partition coefficient (Wildman–Crippen LogP) is 6.28. The van der Waals surface area contributed by atoms with Crippen molar-refractivity contribution in [1.82, 2.24) is 5.01 Å². The molecule has 7 nitrogen and oxygen atoms in total. The monoisotopic (exact) mass is 520 g/mol. The number of methoxy groups -OCH3 is 1. The van der Waals surface area contributed by atoms with Crippen molar-refractivity contribution in [2.24, 2.45) is 10.1 Å². The second kappa shape index (κ2) is 11.1. The minimum absolute atomic E-state index is 0.114. The van der Waals surface area contributed by atoms with Crippen molar-refractivity contribution in [3.05, 3.63) is 59.2 Å². The molecule has 0 unspecified atom stereocenters. The van der Waals surface area contributed by atoms with E-state index in [2.05, 4.69) is 42.0 Å². The number of thioether (sulfide) groups is 1. The van der Waals surface area contributed by atoms with Gasteiger partial charge in [0.05, 0.1) is 23.1 Å². The average molecular weight is 521 g/mol. The number of carbonyl (C=O) groups excluding carboxylic acids is 2. The molecule has 2 heterocycles. The molecule has 2 aromatic rings. The number of fused-ring (bicyclic) bond motifs is 1. The number of ether oxygens (including phenoxy) is 1. The number of rotatable bonds is 6. The topological polar surface area (TPSA) is 74.6 Å². The molecular formula is C29H36N4O3S. The SMILES string of the molecule is CCCC(=O)N1N=C(c2ccc3c(c2)CCCN3/C(=N\C(C)C)c2ccccc2OC)C(C)(C)SC1=O. The van der Waals surface area contributed by atoms with E-state index in [0.29, 0.717) is 12.8 Å². The summed E-state index contributed by atoms with van der Waals surface area (Å²) in [4.78, 5) is 32.5. The fraction of sp³-hybridized carbons (Fsp3) is 0.448. The molecule has 0 saturated carbocycles. The van der Waals surface area contributed by atoms with Crippen LogP contribution in [0.4, 0.5) is 10.5 Å². The van der Waals surface area contributed by atoms with Crippen molar-refractivity contribution in [2.45, 2.75) is 71.1 Å². The van der Waals surface area contributed by atoms with Crippen LogP contribution in [0.1, 0.15) is 70.6 Å². The molecule has 0 N–H and O–H groups in total. The smallest absolute Gasteiger partial charge is 0.309 e. The Morgan fingerprint density at radius 3 is 2.68 bits per heavy atom. The van der Waals surface area contributed by atoms with Gasteiger partial charge in [-0.05, 0) is 94.1 Å². The molecule has 0 spiro atoms. The van der Waals surface area contributed by atoms with E-state index in [0.717, 1.165) is 70.3 Å². The fourth-order valence-corrected chi connectivity index (χ4v) is 5.70. The molecule has 0 bridgehead atoms. The first kappa shape index (κ1) is 26.9. The van der Waals surface area contributed by atoms with Gasteiger partial charge in [-0.2, -0.15) is 10.1 Å². The van der Waals surface area contributed by atoms with Gasteiger partial charge in [0.15, 0.2) is 0 Å². The van der Waals surface area contributed by atoms with Crippen LogP contribution >= 0.6 is 11.8 Å². The second-order valence-electron chi connectivity index (χ2n) is 10.1. The van der Waals surface area contributed by atoms with Crippen LogP contribution in [0.2, 0.25) is 0 Å². The number of anilines is 1. The normalized spacial score (nSPS) is 17.5. The third-order valence-electron chi connectivity index (χ3n) is 6.44. The maximum atomic E-state index is 12.7. The fourth-order valence-electron chi connectivity index (χ4n) is 4.78. The van der Waals surface area contributed by atoms with E-state index >= 15 is 0 Å². The zero-order chi connectivity index (χ0) is 26.7. The predicted molar refractivity (Wildman–Crippen MR) is 152 cm³/mol. The molecule has 0 aliphatic carbocycles. The molecule has 2 amide bonds. The quantitative estimate of drug-likeness (QED) is 0.331. The van der Waals surface area contributed by atoms with Gasteiger partial charge in [-0.15, -0.1) is 0 Å². The van der Waals surface area contributed by atoms with Gasteiger partial charge < -0.3 is 9.64 Å². The molecule has 2 aliphatic heterocycles. The number of aliphatic imine (C=N–C) groups is 1. The number of hydrazone groups is 1. The summed E-state index contributed by atoms with van der Waals surface area (Å²) in [6, 6.07) is 14.4. The number of carbonyl (C=O) groups is 2. The van der Waals surface area contributed by atoms with Crippen molar-refractivity contribution in [3.63, 3.8) is 0 Å². The summed E-state index contributed by atoms with van der Waals surface area (Å²) in [7, 11) is 1.69. The number of nitrogens with zero attached hydrogens (tertiary/aromatic N) is 4. The minimum Gasteiger partial charge on any atom is -0.496 e. The van der Waals surface area contributed by atoms with Gasteiger partial charge in [-0.1, -0.05) is 25.1 Å². The van der Waals surface area contributed by atoms with Gasteiger partial charge in [0, 0.05) is 24.7 Å². The highest BCUT2D eigenvalue weighted by Gasteiger charge is 2.40. The molecule has 8 heteroatoms. The van der Waals surface area contributed by atoms with Crippen LogP contribution in [0.3, 0.4) is 0 Å². The lowest BCUT2D eigenvalue weighted by Gasteiger charge is -2.35. The highest BCUT2D eigenvalue weighted by molar-refractivity contribution is 8.15. The van der Waals surface area contributed by atoms with E-state index in [1.807, 2.05) is 45.0 Å². The van der Waals surface area contributed by atoms with Crippen LogP contribution in [0.15, 0.2) is 52.6 Å². The standard InChI is InChI=1S/C29H36N4O3S/c1-7-11-25(34)33-28(35)37-29(4,5)26(31-33)21-15-16-23-20(18-21)12-10-17-32(23)27(30-19(2)3)22-13-8-9-14-24(22)36-6/h8-9,13-16,18-19H,7,10-12,17H2,1-6H3/b30-27-. The molecule has 0 radical (unpaired) electrons. The van der Waals surface area contributed by atoms with Crippen molar-refractivity contribution in [2.75, 3.05) is 18.6 Å². The minimum atomic E-state index is -0.551. The van der Waals surface area contributed by atoms with Crippen LogP contribution in [0, 0.1) is 0 Å². The molecule has 37 heavy (non-hydrogen) atoms. The summed E-state index contributed by atoms with van der Waals surface area (Å²) in [5, 5.41) is 5.33. The van der Waals surface area contributed by atoms with Gasteiger partial charge in [0.1, 0.15) is 11.6 Å². The molecule has 4 rings (SSSR count). The molecule has 0 fully saturated rings. The number of amidine groups is 1. The summed E-state index contributed by atoms with van der Waals surface area (Å²) in [6.45, 7) is 10.9. The summed E-state index contributed by atoms with van der Waals surface area (Å²) in [5.74, 6) is 1.43. The van der Waals surface area contributed by atoms with E-state index in [-0.39, 0.29) is 17.2 Å². The summed E-state index contributed by atoms with van der Waals surface area (Å²) >= 11 is 1.15. The highest BCUT2D eigenvalue weighted by Crippen LogP contribution is 2.38. The number of imide groups is 1. The molecule has 0 atom stereocenters. The van der Waals surface area contributed by atoms with Crippen LogP contribution in [-0.2, 0) is 11.2 Å². The Balaban J connectivity index is 1.77. The molecular weight excluding hydrogens is 484 g/mol. The Morgan fingerprint density at radius 2 is 1.97 bits per heavy atom. The van der Waals surface area contributed by atoms with Gasteiger partial charge in [0.2, 0.25) is 0 Å². The highest BCUT2D eigenvalue weighted by atomic mass is 32.2. The van der Waals surface area contributed by atoms with Crippen LogP contribution in [0.5, 0.6) is 5.75 Å². The van der Waals surface area contributed by atoms with Crippen molar-refractivity contribution < 1.29 is 14.3 Å². The van der Waals surface area contributed by atoms with Crippen LogP contribution in [-0.4, -0.2) is 52.1 Å². The molecule has 2 aromatic carbocycles. The lowest BCUT2D eigenvalue weighted by atomic mass is 9.93. The molecule has 0 aromatic heterocycles. The Kier molecular flexibility index (Phi) is 8.07. The largest absolute Gasteiger partial charge is 0.496 e. The van der Waals surface area contributed by atoms with E-state index < -0.39 is 4.75 Å². The third kappa shape index (κ3) is 5.59. The Labute approximate surface area is 224 Å². The maximum absolute atomic E-state index is 12.7. The van der Waals surface area contributed by atoms with E-state index in [9.17, 15) is 9.59 Å². The number of para-hydroxylation sites is 1. The number of amides is 2. The van der Waals surface area contributed by atoms with Crippen LogP contribution < -0.4 is 9.64 Å². The lowest BCUT2D eigenvalue weighted by molar-refractivity contribution is -0.127. The van der Waals surface area contributed by atoms with Crippen molar-refractivity contribution >= 4 is 40.1 Å². The second-order valence-corrected chi connectivity index (χ2v) is 11.7. The number of aryl methyl sites for hydroxylation is 1. The van der Waals surface area contributed by atoms with E-state index in [1.54, 1.807) is 7.11 Å². The van der Waals surface area contributed by atoms with Crippen LogP contribution in [0.25, 0.3) is 0 Å². The Hall–Kier alpha value is -3.13. The first-order chi connectivity index (χ1) is 17.7. The Morgan fingerprint density at radius 1 is 1.22 bits per heavy atom.